The molecule has 0 spiro atoms. The minimum absolute atomic E-state index is 0.943. The molecular formula is C25H52. The highest BCUT2D eigenvalue weighted by molar-refractivity contribution is 4.57. The van der Waals surface area contributed by atoms with E-state index in [9.17, 15) is 0 Å². The molecule has 0 saturated carbocycles. The summed E-state index contributed by atoms with van der Waals surface area (Å²) in [6.45, 7) is 9.50. The summed E-state index contributed by atoms with van der Waals surface area (Å²) in [5.41, 5.74) is 0. The molecule has 0 rings (SSSR count). The van der Waals surface area contributed by atoms with Crippen LogP contribution in [-0.2, 0) is 0 Å². The first-order valence-electron chi connectivity index (χ1n) is 12.2. The molecule has 0 fully saturated rings. The monoisotopic (exact) mass is 352 g/mol. The Morgan fingerprint density at radius 1 is 0.400 bits per heavy atom. The predicted octanol–water partition coefficient (Wildman–Crippen LogP) is 9.71. The smallest absolute Gasteiger partial charge is 0.0443 e. The second-order valence-corrected chi connectivity index (χ2v) is 8.93. The van der Waals surface area contributed by atoms with Gasteiger partial charge in [0.15, 0.2) is 0 Å². The van der Waals surface area contributed by atoms with Crippen molar-refractivity contribution in [3.8, 4) is 0 Å². The van der Waals surface area contributed by atoms with E-state index in [-0.39, 0.29) is 0 Å². The van der Waals surface area contributed by atoms with Crippen molar-refractivity contribution in [3.05, 3.63) is 0 Å². The average molecular weight is 353 g/mol. The van der Waals surface area contributed by atoms with Crippen LogP contribution in [0.25, 0.3) is 0 Å². The topological polar surface area (TPSA) is 0 Å². The Labute approximate surface area is 161 Å². The van der Waals surface area contributed by atoms with Gasteiger partial charge in [0.25, 0.3) is 0 Å². The third-order valence-corrected chi connectivity index (χ3v) is 6.14. The van der Waals surface area contributed by atoms with Gasteiger partial charge in [-0.25, -0.2) is 0 Å². The van der Waals surface area contributed by atoms with E-state index >= 15 is 0 Å². The van der Waals surface area contributed by atoms with Crippen LogP contribution in [0.5, 0.6) is 0 Å². The lowest BCUT2D eigenvalue weighted by Crippen LogP contribution is -1.96. The molecule has 0 saturated heterocycles. The van der Waals surface area contributed by atoms with Crippen LogP contribution in [0, 0.1) is 11.8 Å². The molecule has 0 aromatic rings. The minimum Gasteiger partial charge on any atom is -0.0654 e. The van der Waals surface area contributed by atoms with Gasteiger partial charge in [-0.15, -0.1) is 0 Å². The molecule has 0 N–H and O–H groups in total. The summed E-state index contributed by atoms with van der Waals surface area (Å²) in [4.78, 5) is 0. The maximum atomic E-state index is 2.48. The van der Waals surface area contributed by atoms with Crippen LogP contribution >= 0.6 is 0 Å². The summed E-state index contributed by atoms with van der Waals surface area (Å²) in [5, 5.41) is 0. The molecule has 0 nitrogen and oxygen atoms in total. The molecule has 0 heteroatoms. The summed E-state index contributed by atoms with van der Waals surface area (Å²) in [6.07, 6.45) is 27.8. The zero-order chi connectivity index (χ0) is 18.6. The van der Waals surface area contributed by atoms with E-state index < -0.39 is 0 Å². The van der Waals surface area contributed by atoms with E-state index in [4.69, 9.17) is 0 Å². The normalized spacial score (nSPS) is 13.9. The summed E-state index contributed by atoms with van der Waals surface area (Å²) in [5.74, 6) is 1.91. The summed E-state index contributed by atoms with van der Waals surface area (Å²) in [6, 6.07) is 0. The van der Waals surface area contributed by atoms with Gasteiger partial charge >= 0.3 is 0 Å². The van der Waals surface area contributed by atoms with Crippen molar-refractivity contribution >= 4 is 0 Å². The number of unbranched alkanes of at least 4 members (excludes halogenated alkanes) is 13. The first-order chi connectivity index (χ1) is 12.2. The van der Waals surface area contributed by atoms with Gasteiger partial charge in [-0.3, -0.25) is 0 Å². The Morgan fingerprint density at radius 3 is 1.12 bits per heavy atom. The van der Waals surface area contributed by atoms with Crippen molar-refractivity contribution in [2.45, 2.75) is 150 Å². The fraction of sp³-hybridized carbons (Fsp3) is 1.00. The van der Waals surface area contributed by atoms with Crippen LogP contribution in [-0.4, -0.2) is 0 Å². The molecule has 2 unspecified atom stereocenters. The maximum absolute atomic E-state index is 2.48. The van der Waals surface area contributed by atoms with Gasteiger partial charge in [-0.1, -0.05) is 150 Å². The third-order valence-electron chi connectivity index (χ3n) is 6.14. The van der Waals surface area contributed by atoms with Crippen LogP contribution in [0.15, 0.2) is 0 Å². The molecule has 0 radical (unpaired) electrons. The highest BCUT2D eigenvalue weighted by Crippen LogP contribution is 2.19. The highest BCUT2D eigenvalue weighted by Gasteiger charge is 2.03. The zero-order valence-electron chi connectivity index (χ0n) is 18.6. The zero-order valence-corrected chi connectivity index (χ0v) is 18.6. The Morgan fingerprint density at radius 2 is 0.720 bits per heavy atom. The molecule has 0 aliphatic rings. The van der Waals surface area contributed by atoms with Gasteiger partial charge < -0.3 is 0 Å². The summed E-state index contributed by atoms with van der Waals surface area (Å²) < 4.78 is 0. The SMILES string of the molecule is CCCCCCCCCCCCCCC(C)CCCCCC(C)CC. The van der Waals surface area contributed by atoms with E-state index in [2.05, 4.69) is 27.7 Å². The number of hydrogen-bond donors (Lipinski definition) is 0. The van der Waals surface area contributed by atoms with E-state index in [1.807, 2.05) is 0 Å². The van der Waals surface area contributed by atoms with E-state index in [1.54, 1.807) is 0 Å². The summed E-state index contributed by atoms with van der Waals surface area (Å²) >= 11 is 0. The standard InChI is InChI=1S/C25H52/c1-5-7-8-9-10-11-12-13-14-15-16-18-22-25(4)23-20-17-19-21-24(3)6-2/h24-25H,5-23H2,1-4H3. The first-order valence-corrected chi connectivity index (χ1v) is 12.2. The van der Waals surface area contributed by atoms with Crippen molar-refractivity contribution in [1.29, 1.82) is 0 Å². The van der Waals surface area contributed by atoms with Crippen LogP contribution < -0.4 is 0 Å². The molecule has 0 aliphatic heterocycles. The van der Waals surface area contributed by atoms with Crippen molar-refractivity contribution in [3.63, 3.8) is 0 Å². The van der Waals surface area contributed by atoms with Gasteiger partial charge in [-0.2, -0.15) is 0 Å². The second kappa shape index (κ2) is 20.3. The summed E-state index contributed by atoms with van der Waals surface area (Å²) in [7, 11) is 0. The molecule has 0 aromatic heterocycles. The lowest BCUT2D eigenvalue weighted by atomic mass is 9.94. The van der Waals surface area contributed by atoms with E-state index in [0.29, 0.717) is 0 Å². The maximum Gasteiger partial charge on any atom is -0.0443 e. The Hall–Kier alpha value is 0. The second-order valence-electron chi connectivity index (χ2n) is 8.93. The average Bonchev–Trinajstić information content (AvgIpc) is 2.62. The minimum atomic E-state index is 0.943. The fourth-order valence-corrected chi connectivity index (χ4v) is 3.84. The highest BCUT2D eigenvalue weighted by atomic mass is 14.1. The van der Waals surface area contributed by atoms with Crippen molar-refractivity contribution in [2.24, 2.45) is 11.8 Å². The van der Waals surface area contributed by atoms with Gasteiger partial charge in [0.2, 0.25) is 0 Å². The largest absolute Gasteiger partial charge is 0.0654 e. The lowest BCUT2D eigenvalue weighted by molar-refractivity contribution is 0.418. The Kier molecular flexibility index (Phi) is 20.3. The molecule has 0 bridgehead atoms. The van der Waals surface area contributed by atoms with Crippen molar-refractivity contribution < 1.29 is 0 Å². The van der Waals surface area contributed by atoms with Crippen molar-refractivity contribution in [2.75, 3.05) is 0 Å². The Bertz CT molecular complexity index is 232. The van der Waals surface area contributed by atoms with Gasteiger partial charge in [-0.05, 0) is 11.8 Å². The van der Waals surface area contributed by atoms with E-state index in [0.717, 1.165) is 11.8 Å². The number of hydrogen-bond acceptors (Lipinski definition) is 0. The molecular weight excluding hydrogens is 300 g/mol. The molecule has 2 atom stereocenters. The van der Waals surface area contributed by atoms with Crippen molar-refractivity contribution in [1.82, 2.24) is 0 Å². The molecule has 25 heavy (non-hydrogen) atoms. The van der Waals surface area contributed by atoms with Gasteiger partial charge in [0, 0.05) is 0 Å². The lowest BCUT2D eigenvalue weighted by Gasteiger charge is -2.12. The first kappa shape index (κ1) is 25.0. The Balaban J connectivity index is 3.15. The quantitative estimate of drug-likeness (QED) is 0.191. The molecule has 152 valence electrons. The molecule has 0 aromatic carbocycles. The van der Waals surface area contributed by atoms with E-state index in [1.165, 1.54) is 122 Å². The van der Waals surface area contributed by atoms with Crippen LogP contribution in [0.2, 0.25) is 0 Å². The van der Waals surface area contributed by atoms with Crippen LogP contribution in [0.3, 0.4) is 0 Å². The molecule has 0 aliphatic carbocycles. The van der Waals surface area contributed by atoms with Crippen LogP contribution in [0.1, 0.15) is 150 Å². The molecule has 0 heterocycles. The predicted molar refractivity (Wildman–Crippen MR) is 117 cm³/mol. The number of rotatable bonds is 20. The van der Waals surface area contributed by atoms with Gasteiger partial charge in [0.05, 0.1) is 0 Å². The van der Waals surface area contributed by atoms with Gasteiger partial charge in [0.1, 0.15) is 0 Å². The molecule has 0 amide bonds. The third kappa shape index (κ3) is 20.2. The van der Waals surface area contributed by atoms with Crippen LogP contribution in [0.4, 0.5) is 0 Å². The fourth-order valence-electron chi connectivity index (χ4n) is 3.84.